The van der Waals surface area contributed by atoms with Crippen molar-refractivity contribution in [2.45, 2.75) is 97.3 Å². The van der Waals surface area contributed by atoms with E-state index in [2.05, 4.69) is 13.8 Å². The number of aliphatic hydroxyl groups excluding tert-OH is 2. The smallest absolute Gasteiger partial charge is 0.339 e. The molecule has 0 aliphatic rings. The normalized spacial score (nSPS) is 10.3. The highest BCUT2D eigenvalue weighted by Gasteiger charge is 2.18. The first-order valence-electron chi connectivity index (χ1n) is 12.8. The van der Waals surface area contributed by atoms with Crippen molar-refractivity contribution in [1.29, 1.82) is 0 Å². The van der Waals surface area contributed by atoms with Gasteiger partial charge in [-0.25, -0.2) is 9.59 Å². The predicted molar refractivity (Wildman–Crippen MR) is 133 cm³/mol. The minimum absolute atomic E-state index is 0.0938. The minimum Gasteiger partial charge on any atom is -0.462 e. The molecule has 190 valence electrons. The lowest BCUT2D eigenvalue weighted by Crippen LogP contribution is -2.15. The van der Waals surface area contributed by atoms with Crippen LogP contribution in [0.15, 0.2) is 24.3 Å². The number of carbonyl (C=O) groups excluding carboxylic acids is 2. The van der Waals surface area contributed by atoms with Gasteiger partial charge in [-0.05, 0) is 31.4 Å². The van der Waals surface area contributed by atoms with Crippen molar-refractivity contribution in [3.05, 3.63) is 35.4 Å². The van der Waals surface area contributed by atoms with Crippen LogP contribution in [0.2, 0.25) is 0 Å². The Morgan fingerprint density at radius 3 is 1.30 bits per heavy atom. The molecule has 33 heavy (non-hydrogen) atoms. The standard InChI is InChI=1S/C24H38O4.C3H8O2/c1-3-5-7-9-11-15-19-27-23(25)21-17-13-14-18-22(21)24(26)28-20-16-12-10-8-6-4-2;4-2-1-3-5/h13-14,17-18H,3-12,15-16,19-20H2,1-2H3;4-5H,1-3H2. The summed E-state index contributed by atoms with van der Waals surface area (Å²) in [4.78, 5) is 24.7. The fourth-order valence-corrected chi connectivity index (χ4v) is 3.16. The third kappa shape index (κ3) is 17.3. The molecule has 0 aromatic heterocycles. The van der Waals surface area contributed by atoms with E-state index in [0.29, 0.717) is 30.8 Å². The van der Waals surface area contributed by atoms with Crippen LogP contribution in [0.5, 0.6) is 0 Å². The van der Waals surface area contributed by atoms with E-state index in [-0.39, 0.29) is 13.2 Å². The minimum atomic E-state index is -0.444. The summed E-state index contributed by atoms with van der Waals surface area (Å²) in [5.41, 5.74) is 0.586. The molecule has 1 rings (SSSR count). The Kier molecular flexibility index (Phi) is 21.9. The molecule has 0 atom stereocenters. The summed E-state index contributed by atoms with van der Waals surface area (Å²) >= 11 is 0. The molecule has 0 aliphatic heterocycles. The van der Waals surface area contributed by atoms with Crippen LogP contribution in [-0.4, -0.2) is 48.6 Å². The molecule has 0 saturated carbocycles. The predicted octanol–water partition coefficient (Wildman–Crippen LogP) is 6.08. The molecule has 0 amide bonds. The number of unbranched alkanes of at least 4 members (excludes halogenated alkanes) is 10. The van der Waals surface area contributed by atoms with Crippen LogP contribution < -0.4 is 0 Å². The third-order valence-corrected chi connectivity index (χ3v) is 5.15. The zero-order valence-electron chi connectivity index (χ0n) is 20.9. The molecule has 0 saturated heterocycles. The second-order valence-corrected chi connectivity index (χ2v) is 8.15. The van der Waals surface area contributed by atoms with Crippen molar-refractivity contribution < 1.29 is 29.3 Å². The molecule has 0 unspecified atom stereocenters. The molecule has 0 aliphatic carbocycles. The number of benzene rings is 1. The average Bonchev–Trinajstić information content (AvgIpc) is 2.83. The molecular formula is C27H46O6. The Labute approximate surface area is 200 Å². The van der Waals surface area contributed by atoms with Gasteiger partial charge < -0.3 is 19.7 Å². The Bertz CT molecular complexity index is 551. The molecule has 0 heterocycles. The van der Waals surface area contributed by atoms with Gasteiger partial charge in [-0.1, -0.05) is 90.2 Å². The van der Waals surface area contributed by atoms with Gasteiger partial charge in [0.15, 0.2) is 0 Å². The van der Waals surface area contributed by atoms with Crippen LogP contribution >= 0.6 is 0 Å². The SMILES string of the molecule is CCCCCCCCOC(=O)c1ccccc1C(=O)OCCCCCCCC.OCCCO. The first-order valence-corrected chi connectivity index (χ1v) is 12.8. The van der Waals surface area contributed by atoms with Crippen LogP contribution in [0.4, 0.5) is 0 Å². The summed E-state index contributed by atoms with van der Waals surface area (Å²) in [6.07, 6.45) is 14.1. The molecular weight excluding hydrogens is 420 g/mol. The van der Waals surface area contributed by atoms with Crippen LogP contribution in [0.3, 0.4) is 0 Å². The summed E-state index contributed by atoms with van der Waals surface area (Å²) in [7, 11) is 0. The summed E-state index contributed by atoms with van der Waals surface area (Å²) < 4.78 is 10.7. The van der Waals surface area contributed by atoms with Gasteiger partial charge in [0.1, 0.15) is 0 Å². The van der Waals surface area contributed by atoms with E-state index in [1.165, 1.54) is 51.4 Å². The lowest BCUT2D eigenvalue weighted by molar-refractivity contribution is 0.0450. The molecule has 2 N–H and O–H groups in total. The lowest BCUT2D eigenvalue weighted by atomic mass is 10.1. The average molecular weight is 467 g/mol. The molecule has 0 spiro atoms. The maximum Gasteiger partial charge on any atom is 0.339 e. The Morgan fingerprint density at radius 1 is 0.606 bits per heavy atom. The summed E-state index contributed by atoms with van der Waals surface area (Å²) in [5, 5.41) is 15.8. The Hall–Kier alpha value is -1.92. The second kappa shape index (κ2) is 23.2. The maximum absolute atomic E-state index is 12.4. The molecule has 1 aromatic carbocycles. The highest BCUT2D eigenvalue weighted by molar-refractivity contribution is 6.03. The number of esters is 2. The molecule has 6 nitrogen and oxygen atoms in total. The maximum atomic E-state index is 12.4. The van der Waals surface area contributed by atoms with E-state index < -0.39 is 11.9 Å². The highest BCUT2D eigenvalue weighted by atomic mass is 16.5. The highest BCUT2D eigenvalue weighted by Crippen LogP contribution is 2.14. The molecule has 1 aromatic rings. The van der Waals surface area contributed by atoms with Crippen LogP contribution in [0.25, 0.3) is 0 Å². The monoisotopic (exact) mass is 466 g/mol. The molecule has 0 fully saturated rings. The van der Waals surface area contributed by atoms with Crippen molar-refractivity contribution in [3.63, 3.8) is 0 Å². The van der Waals surface area contributed by atoms with Gasteiger partial charge in [0.25, 0.3) is 0 Å². The van der Waals surface area contributed by atoms with Crippen molar-refractivity contribution in [1.82, 2.24) is 0 Å². The van der Waals surface area contributed by atoms with Gasteiger partial charge in [-0.15, -0.1) is 0 Å². The van der Waals surface area contributed by atoms with Gasteiger partial charge >= 0.3 is 11.9 Å². The van der Waals surface area contributed by atoms with E-state index in [9.17, 15) is 9.59 Å². The van der Waals surface area contributed by atoms with Crippen molar-refractivity contribution in [2.75, 3.05) is 26.4 Å². The molecule has 0 radical (unpaired) electrons. The molecule has 6 heteroatoms. The van der Waals surface area contributed by atoms with E-state index in [1.54, 1.807) is 24.3 Å². The number of carbonyl (C=O) groups is 2. The number of ether oxygens (including phenoxy) is 2. The first kappa shape index (κ1) is 31.1. The van der Waals surface area contributed by atoms with Crippen LogP contribution in [-0.2, 0) is 9.47 Å². The number of aliphatic hydroxyl groups is 2. The fourth-order valence-electron chi connectivity index (χ4n) is 3.16. The first-order chi connectivity index (χ1) is 16.1. The number of rotatable bonds is 18. The quantitative estimate of drug-likeness (QED) is 0.201. The zero-order chi connectivity index (χ0) is 24.6. The molecule has 0 bridgehead atoms. The van der Waals surface area contributed by atoms with E-state index in [1.807, 2.05) is 0 Å². The summed E-state index contributed by atoms with van der Waals surface area (Å²) in [6, 6.07) is 6.74. The van der Waals surface area contributed by atoms with Crippen molar-refractivity contribution in [3.8, 4) is 0 Å². The van der Waals surface area contributed by atoms with E-state index in [4.69, 9.17) is 19.7 Å². The largest absolute Gasteiger partial charge is 0.462 e. The van der Waals surface area contributed by atoms with Gasteiger partial charge in [-0.2, -0.15) is 0 Å². The number of hydrogen-bond acceptors (Lipinski definition) is 6. The van der Waals surface area contributed by atoms with E-state index in [0.717, 1.165) is 25.7 Å². The number of hydrogen-bond donors (Lipinski definition) is 2. The third-order valence-electron chi connectivity index (χ3n) is 5.15. The van der Waals surface area contributed by atoms with Crippen molar-refractivity contribution >= 4 is 11.9 Å². The summed E-state index contributed by atoms with van der Waals surface area (Å²) in [6.45, 7) is 5.36. The van der Waals surface area contributed by atoms with Crippen LogP contribution in [0, 0.1) is 0 Å². The second-order valence-electron chi connectivity index (χ2n) is 8.15. The summed E-state index contributed by atoms with van der Waals surface area (Å²) in [5.74, 6) is -0.888. The fraction of sp³-hybridized carbons (Fsp3) is 0.704. The van der Waals surface area contributed by atoms with Crippen LogP contribution in [0.1, 0.15) is 118 Å². The van der Waals surface area contributed by atoms with Gasteiger partial charge in [0, 0.05) is 13.2 Å². The van der Waals surface area contributed by atoms with Gasteiger partial charge in [-0.3, -0.25) is 0 Å². The Morgan fingerprint density at radius 2 is 0.970 bits per heavy atom. The van der Waals surface area contributed by atoms with E-state index >= 15 is 0 Å². The van der Waals surface area contributed by atoms with Gasteiger partial charge in [0.2, 0.25) is 0 Å². The Balaban J connectivity index is 0.00000184. The zero-order valence-corrected chi connectivity index (χ0v) is 20.9. The van der Waals surface area contributed by atoms with Crippen molar-refractivity contribution in [2.24, 2.45) is 0 Å². The topological polar surface area (TPSA) is 93.1 Å². The lowest BCUT2D eigenvalue weighted by Gasteiger charge is -2.10. The van der Waals surface area contributed by atoms with Gasteiger partial charge in [0.05, 0.1) is 24.3 Å².